The first kappa shape index (κ1) is 18.6. The maximum atomic E-state index is 12.3. The van der Waals surface area contributed by atoms with E-state index >= 15 is 0 Å². The van der Waals surface area contributed by atoms with Crippen molar-refractivity contribution in [3.05, 3.63) is 53.6 Å². The number of anilines is 1. The Hall–Kier alpha value is -3.23. The van der Waals surface area contributed by atoms with Crippen LogP contribution in [0.3, 0.4) is 0 Å². The molecule has 1 heterocycles. The van der Waals surface area contributed by atoms with Gasteiger partial charge in [-0.3, -0.25) is 9.59 Å². The Balaban J connectivity index is 1.56. The van der Waals surface area contributed by atoms with Gasteiger partial charge in [-0.1, -0.05) is 12.1 Å². The summed E-state index contributed by atoms with van der Waals surface area (Å²) in [7, 11) is 0. The lowest BCUT2D eigenvalue weighted by Crippen LogP contribution is -2.34. The van der Waals surface area contributed by atoms with Crippen LogP contribution in [0.5, 0.6) is 11.5 Å². The van der Waals surface area contributed by atoms with E-state index in [-0.39, 0.29) is 19.1 Å². The molecule has 6 nitrogen and oxygen atoms in total. The monoisotopic (exact) mass is 380 g/mol. The Bertz CT molecular complexity index is 851. The van der Waals surface area contributed by atoms with Crippen LogP contribution in [0, 0.1) is 0 Å². The topological polar surface area (TPSA) is 76.7 Å². The molecule has 2 aromatic rings. The third kappa shape index (κ3) is 5.13. The van der Waals surface area contributed by atoms with E-state index < -0.39 is 18.6 Å². The molecule has 9 heteroatoms. The highest BCUT2D eigenvalue weighted by Crippen LogP contribution is 2.32. The number of carbonyl (C=O) groups excluding carboxylic acids is 2. The van der Waals surface area contributed by atoms with E-state index in [9.17, 15) is 22.8 Å². The quantitative estimate of drug-likeness (QED) is 0.836. The summed E-state index contributed by atoms with van der Waals surface area (Å²) in [5.41, 5.74) is 1.39. The molecule has 3 rings (SSSR count). The molecule has 0 aromatic heterocycles. The van der Waals surface area contributed by atoms with Crippen molar-refractivity contribution in [1.29, 1.82) is 0 Å². The lowest BCUT2D eigenvalue weighted by molar-refractivity contribution is -0.138. The molecule has 2 amide bonds. The van der Waals surface area contributed by atoms with E-state index in [1.807, 2.05) is 0 Å². The number of carbonyl (C=O) groups is 2. The number of fused-ring (bicyclic) bond motifs is 1. The van der Waals surface area contributed by atoms with E-state index in [1.165, 1.54) is 0 Å². The van der Waals surface area contributed by atoms with Gasteiger partial charge in [0.1, 0.15) is 6.54 Å². The number of nitrogens with one attached hydrogen (secondary N) is 2. The normalized spacial score (nSPS) is 12.6. The lowest BCUT2D eigenvalue weighted by atomic mass is 10.1. The number of rotatable bonds is 5. The summed E-state index contributed by atoms with van der Waals surface area (Å²) in [5, 5.41) is 4.49. The molecule has 0 aliphatic carbocycles. The predicted molar refractivity (Wildman–Crippen MR) is 89.7 cm³/mol. The van der Waals surface area contributed by atoms with Gasteiger partial charge >= 0.3 is 6.18 Å². The molecular weight excluding hydrogens is 365 g/mol. The summed E-state index contributed by atoms with van der Waals surface area (Å²) in [6.07, 6.45) is -4.63. The fourth-order valence-electron chi connectivity index (χ4n) is 2.39. The van der Waals surface area contributed by atoms with Crippen LogP contribution in [0.1, 0.15) is 15.9 Å². The highest BCUT2D eigenvalue weighted by Gasteiger charge is 2.27. The van der Waals surface area contributed by atoms with Gasteiger partial charge in [0.2, 0.25) is 12.7 Å². The van der Waals surface area contributed by atoms with Gasteiger partial charge in [-0.2, -0.15) is 13.2 Å². The van der Waals surface area contributed by atoms with Crippen molar-refractivity contribution in [2.75, 3.05) is 18.7 Å². The first-order chi connectivity index (χ1) is 12.8. The molecule has 0 saturated carbocycles. The molecule has 0 bridgehead atoms. The zero-order chi connectivity index (χ0) is 19.4. The van der Waals surface area contributed by atoms with E-state index in [1.54, 1.807) is 47.8 Å². The van der Waals surface area contributed by atoms with Gasteiger partial charge in [-0.05, 0) is 35.9 Å². The first-order valence-electron chi connectivity index (χ1n) is 7.93. The van der Waals surface area contributed by atoms with Crippen LogP contribution in [0.4, 0.5) is 18.9 Å². The van der Waals surface area contributed by atoms with Crippen LogP contribution in [0.25, 0.3) is 0 Å². The molecule has 1 aliphatic heterocycles. The average molecular weight is 380 g/mol. The number of amides is 2. The van der Waals surface area contributed by atoms with Crippen molar-refractivity contribution in [3.8, 4) is 11.5 Å². The van der Waals surface area contributed by atoms with Crippen molar-refractivity contribution >= 4 is 17.5 Å². The first-order valence-corrected chi connectivity index (χ1v) is 7.93. The molecule has 0 fully saturated rings. The van der Waals surface area contributed by atoms with Gasteiger partial charge in [-0.15, -0.1) is 0 Å². The summed E-state index contributed by atoms with van der Waals surface area (Å²) in [5.74, 6) is -0.0315. The van der Waals surface area contributed by atoms with Crippen molar-refractivity contribution in [2.45, 2.75) is 12.6 Å². The summed E-state index contributed by atoms with van der Waals surface area (Å²) in [6, 6.07) is 11.1. The minimum atomic E-state index is -4.45. The molecule has 0 atom stereocenters. The van der Waals surface area contributed by atoms with Crippen LogP contribution in [0.15, 0.2) is 42.5 Å². The Morgan fingerprint density at radius 2 is 1.70 bits per heavy atom. The standard InChI is InChI=1S/C18H15F3N2O4/c19-18(20,21)9-22-16(24)7-11-1-4-13(5-2-11)23-17(25)12-3-6-14-15(8-12)27-10-26-14/h1-6,8H,7,9-10H2,(H,22,24)(H,23,25). The Kier molecular flexibility index (Phi) is 5.20. The third-order valence-corrected chi connectivity index (χ3v) is 3.70. The van der Waals surface area contributed by atoms with Gasteiger partial charge in [0.05, 0.1) is 6.42 Å². The maximum absolute atomic E-state index is 12.3. The van der Waals surface area contributed by atoms with Crippen molar-refractivity contribution in [2.24, 2.45) is 0 Å². The predicted octanol–water partition coefficient (Wildman–Crippen LogP) is 2.89. The summed E-state index contributed by atoms with van der Waals surface area (Å²) < 4.78 is 46.6. The molecule has 0 spiro atoms. The zero-order valence-corrected chi connectivity index (χ0v) is 13.9. The third-order valence-electron chi connectivity index (χ3n) is 3.70. The van der Waals surface area contributed by atoms with Crippen LogP contribution in [-0.4, -0.2) is 31.3 Å². The smallest absolute Gasteiger partial charge is 0.405 e. The Morgan fingerprint density at radius 3 is 2.41 bits per heavy atom. The number of hydrogen-bond donors (Lipinski definition) is 2. The van der Waals surface area contributed by atoms with Crippen LogP contribution in [0.2, 0.25) is 0 Å². The van der Waals surface area contributed by atoms with E-state index in [4.69, 9.17) is 9.47 Å². The molecule has 2 N–H and O–H groups in total. The molecular formula is C18H15F3N2O4. The van der Waals surface area contributed by atoms with E-state index in [0.29, 0.717) is 28.3 Å². The Labute approximate surface area is 152 Å². The summed E-state index contributed by atoms with van der Waals surface area (Å²) in [6.45, 7) is -1.26. The van der Waals surface area contributed by atoms with E-state index in [2.05, 4.69) is 5.32 Å². The molecule has 2 aromatic carbocycles. The Morgan fingerprint density at radius 1 is 1.00 bits per heavy atom. The van der Waals surface area contributed by atoms with E-state index in [0.717, 1.165) is 0 Å². The minimum absolute atomic E-state index is 0.110. The molecule has 0 radical (unpaired) electrons. The SMILES string of the molecule is O=C(Cc1ccc(NC(=O)c2ccc3c(c2)OCO3)cc1)NCC(F)(F)F. The molecule has 27 heavy (non-hydrogen) atoms. The van der Waals surface area contributed by atoms with Gasteiger partial charge < -0.3 is 20.1 Å². The summed E-state index contributed by atoms with van der Waals surface area (Å²) >= 11 is 0. The van der Waals surface area contributed by atoms with Crippen molar-refractivity contribution in [3.63, 3.8) is 0 Å². The molecule has 0 unspecified atom stereocenters. The van der Waals surface area contributed by atoms with Crippen LogP contribution in [-0.2, 0) is 11.2 Å². The number of ether oxygens (including phenoxy) is 2. The number of hydrogen-bond acceptors (Lipinski definition) is 4. The van der Waals surface area contributed by atoms with Crippen LogP contribution >= 0.6 is 0 Å². The van der Waals surface area contributed by atoms with Crippen molar-refractivity contribution < 1.29 is 32.2 Å². The number of alkyl halides is 3. The zero-order valence-electron chi connectivity index (χ0n) is 13.9. The van der Waals surface area contributed by atoms with Crippen LogP contribution < -0.4 is 20.1 Å². The second kappa shape index (κ2) is 7.56. The second-order valence-electron chi connectivity index (χ2n) is 5.79. The fraction of sp³-hybridized carbons (Fsp3) is 0.222. The highest BCUT2D eigenvalue weighted by atomic mass is 19.4. The highest BCUT2D eigenvalue weighted by molar-refractivity contribution is 6.04. The average Bonchev–Trinajstić information content (AvgIpc) is 3.09. The number of benzene rings is 2. The maximum Gasteiger partial charge on any atom is 0.405 e. The van der Waals surface area contributed by atoms with Crippen molar-refractivity contribution in [1.82, 2.24) is 5.32 Å². The van der Waals surface area contributed by atoms with Gasteiger partial charge in [0.15, 0.2) is 11.5 Å². The van der Waals surface area contributed by atoms with Gasteiger partial charge in [0, 0.05) is 11.3 Å². The molecule has 1 aliphatic rings. The minimum Gasteiger partial charge on any atom is -0.454 e. The lowest BCUT2D eigenvalue weighted by Gasteiger charge is -2.09. The fourth-order valence-corrected chi connectivity index (χ4v) is 2.39. The second-order valence-corrected chi connectivity index (χ2v) is 5.79. The van der Waals surface area contributed by atoms with Gasteiger partial charge in [-0.25, -0.2) is 0 Å². The van der Waals surface area contributed by atoms with Gasteiger partial charge in [0.25, 0.3) is 5.91 Å². The molecule has 0 saturated heterocycles. The summed E-state index contributed by atoms with van der Waals surface area (Å²) in [4.78, 5) is 23.8. The molecule has 142 valence electrons. The largest absolute Gasteiger partial charge is 0.454 e. The number of halogens is 3.